The molecule has 0 spiro atoms. The zero-order valence-corrected chi connectivity index (χ0v) is 8.63. The van der Waals surface area contributed by atoms with Crippen molar-refractivity contribution < 1.29 is 4.42 Å². The second kappa shape index (κ2) is 3.41. The lowest BCUT2D eigenvalue weighted by atomic mass is 10.2. The van der Waals surface area contributed by atoms with Crippen LogP contribution in [0, 0.1) is 0 Å². The van der Waals surface area contributed by atoms with Gasteiger partial charge in [0.1, 0.15) is 11.4 Å². The molecule has 16 heavy (non-hydrogen) atoms. The lowest BCUT2D eigenvalue weighted by molar-refractivity contribution is 0.602. The summed E-state index contributed by atoms with van der Waals surface area (Å²) in [5.74, 6) is 0.658. The van der Waals surface area contributed by atoms with Crippen LogP contribution in [0.2, 0.25) is 0 Å². The maximum absolute atomic E-state index is 5.77. The van der Waals surface area contributed by atoms with Crippen molar-refractivity contribution >= 4 is 16.8 Å². The zero-order valence-electron chi connectivity index (χ0n) is 8.63. The number of benzene rings is 1. The van der Waals surface area contributed by atoms with Crippen LogP contribution >= 0.6 is 0 Å². The Morgan fingerprint density at radius 2 is 2.12 bits per heavy atom. The summed E-state index contributed by atoms with van der Waals surface area (Å²) < 4.78 is 7.20. The molecule has 0 aliphatic carbocycles. The van der Waals surface area contributed by atoms with E-state index in [0.717, 1.165) is 16.5 Å². The van der Waals surface area contributed by atoms with Crippen molar-refractivity contribution in [3.05, 3.63) is 48.4 Å². The van der Waals surface area contributed by atoms with Gasteiger partial charge in [-0.2, -0.15) is 5.10 Å². The van der Waals surface area contributed by atoms with Crippen LogP contribution in [-0.2, 0) is 6.54 Å². The van der Waals surface area contributed by atoms with E-state index < -0.39 is 0 Å². The van der Waals surface area contributed by atoms with E-state index in [-0.39, 0.29) is 0 Å². The summed E-state index contributed by atoms with van der Waals surface area (Å²) in [4.78, 5) is 0. The number of nitrogens with two attached hydrogens (primary N) is 1. The average molecular weight is 213 g/mol. The molecular formula is C12H11N3O. The summed E-state index contributed by atoms with van der Waals surface area (Å²) in [6, 6.07) is 9.72. The van der Waals surface area contributed by atoms with Crippen LogP contribution in [-0.4, -0.2) is 9.78 Å². The number of anilines is 1. The van der Waals surface area contributed by atoms with Gasteiger partial charge in [0.05, 0.1) is 19.0 Å². The number of hydrogen-bond acceptors (Lipinski definition) is 3. The van der Waals surface area contributed by atoms with Gasteiger partial charge >= 0.3 is 0 Å². The summed E-state index contributed by atoms with van der Waals surface area (Å²) in [5, 5.41) is 5.26. The van der Waals surface area contributed by atoms with Crippen LogP contribution in [0.25, 0.3) is 11.0 Å². The molecule has 80 valence electrons. The summed E-state index contributed by atoms with van der Waals surface area (Å²) in [5.41, 5.74) is 7.75. The number of rotatable bonds is 2. The fourth-order valence-electron chi connectivity index (χ4n) is 1.79. The lowest BCUT2D eigenvalue weighted by Crippen LogP contribution is -2.04. The molecule has 2 aromatic heterocycles. The highest BCUT2D eigenvalue weighted by Crippen LogP contribution is 2.21. The van der Waals surface area contributed by atoms with E-state index in [1.807, 2.05) is 24.3 Å². The fourth-order valence-corrected chi connectivity index (χ4v) is 1.79. The monoisotopic (exact) mass is 213 g/mol. The van der Waals surface area contributed by atoms with Crippen molar-refractivity contribution in [2.24, 2.45) is 0 Å². The molecule has 0 atom stereocenters. The molecule has 0 aliphatic rings. The predicted molar refractivity (Wildman–Crippen MR) is 62.0 cm³/mol. The van der Waals surface area contributed by atoms with E-state index in [2.05, 4.69) is 5.10 Å². The van der Waals surface area contributed by atoms with Crippen molar-refractivity contribution in [3.8, 4) is 0 Å². The minimum absolute atomic E-state index is 0.635. The molecule has 0 aliphatic heterocycles. The number of nitrogen functional groups attached to an aromatic ring is 1. The first-order chi connectivity index (χ1) is 7.84. The van der Waals surface area contributed by atoms with E-state index in [9.17, 15) is 0 Å². The maximum Gasteiger partial charge on any atom is 0.134 e. The van der Waals surface area contributed by atoms with Crippen molar-refractivity contribution in [1.29, 1.82) is 0 Å². The lowest BCUT2D eigenvalue weighted by Gasteiger charge is -2.01. The second-order valence-corrected chi connectivity index (χ2v) is 3.67. The highest BCUT2D eigenvalue weighted by molar-refractivity contribution is 5.80. The van der Waals surface area contributed by atoms with Crippen molar-refractivity contribution in [1.82, 2.24) is 9.78 Å². The van der Waals surface area contributed by atoms with Gasteiger partial charge in [-0.1, -0.05) is 18.2 Å². The molecule has 0 saturated heterocycles. The molecule has 0 radical (unpaired) electrons. The first kappa shape index (κ1) is 9.03. The molecule has 3 aromatic rings. The summed E-state index contributed by atoms with van der Waals surface area (Å²) in [6.45, 7) is 0.635. The van der Waals surface area contributed by atoms with Crippen LogP contribution in [0.5, 0.6) is 0 Å². The summed E-state index contributed by atoms with van der Waals surface area (Å²) in [6.07, 6.45) is 3.45. The van der Waals surface area contributed by atoms with Crippen molar-refractivity contribution in [2.75, 3.05) is 5.73 Å². The number of nitrogens with zero attached hydrogens (tertiary/aromatic N) is 2. The smallest absolute Gasteiger partial charge is 0.134 e. The molecule has 4 nitrogen and oxygen atoms in total. The first-order valence-corrected chi connectivity index (χ1v) is 5.07. The van der Waals surface area contributed by atoms with E-state index in [1.54, 1.807) is 23.2 Å². The Balaban J connectivity index is 2.04. The Morgan fingerprint density at radius 3 is 2.94 bits per heavy atom. The minimum Gasteiger partial charge on any atom is -0.464 e. The number of para-hydroxylation sites is 1. The molecule has 0 amide bonds. The van der Waals surface area contributed by atoms with E-state index in [4.69, 9.17) is 10.2 Å². The van der Waals surface area contributed by atoms with Gasteiger partial charge in [0, 0.05) is 10.9 Å². The van der Waals surface area contributed by atoms with E-state index >= 15 is 0 Å². The molecule has 1 aromatic carbocycles. The SMILES string of the molecule is Nc1ccnn1Cc1coc2ccccc12. The minimum atomic E-state index is 0.635. The Labute approximate surface area is 92.3 Å². The second-order valence-electron chi connectivity index (χ2n) is 3.67. The van der Waals surface area contributed by atoms with Crippen LogP contribution < -0.4 is 5.73 Å². The normalized spacial score (nSPS) is 11.0. The van der Waals surface area contributed by atoms with Gasteiger partial charge in [0.2, 0.25) is 0 Å². The van der Waals surface area contributed by atoms with Crippen LogP contribution in [0.15, 0.2) is 47.2 Å². The van der Waals surface area contributed by atoms with E-state index in [1.165, 1.54) is 0 Å². The predicted octanol–water partition coefficient (Wildman–Crippen LogP) is 2.26. The summed E-state index contributed by atoms with van der Waals surface area (Å²) >= 11 is 0. The standard InChI is InChI=1S/C12H11N3O/c13-12-5-6-14-15(12)7-9-8-16-11-4-2-1-3-10(9)11/h1-6,8H,7,13H2. The topological polar surface area (TPSA) is 57.0 Å². The molecule has 2 N–H and O–H groups in total. The van der Waals surface area contributed by atoms with Crippen LogP contribution in [0.3, 0.4) is 0 Å². The molecule has 0 unspecified atom stereocenters. The highest BCUT2D eigenvalue weighted by atomic mass is 16.3. The molecule has 0 fully saturated rings. The van der Waals surface area contributed by atoms with Gasteiger partial charge in [0.25, 0.3) is 0 Å². The van der Waals surface area contributed by atoms with Gasteiger partial charge in [0.15, 0.2) is 0 Å². The van der Waals surface area contributed by atoms with Gasteiger partial charge in [-0.25, -0.2) is 4.68 Å². The van der Waals surface area contributed by atoms with Crippen LogP contribution in [0.4, 0.5) is 5.82 Å². The fraction of sp³-hybridized carbons (Fsp3) is 0.0833. The quantitative estimate of drug-likeness (QED) is 0.710. The molecule has 3 rings (SSSR count). The number of aromatic nitrogens is 2. The Bertz CT molecular complexity index is 624. The third-order valence-electron chi connectivity index (χ3n) is 2.63. The Morgan fingerprint density at radius 1 is 1.25 bits per heavy atom. The first-order valence-electron chi connectivity index (χ1n) is 5.07. The van der Waals surface area contributed by atoms with Crippen molar-refractivity contribution in [3.63, 3.8) is 0 Å². The highest BCUT2D eigenvalue weighted by Gasteiger charge is 2.06. The van der Waals surface area contributed by atoms with Crippen LogP contribution in [0.1, 0.15) is 5.56 Å². The molecule has 4 heteroatoms. The van der Waals surface area contributed by atoms with Gasteiger partial charge in [-0.3, -0.25) is 0 Å². The molecule has 2 heterocycles. The number of fused-ring (bicyclic) bond motifs is 1. The maximum atomic E-state index is 5.77. The summed E-state index contributed by atoms with van der Waals surface area (Å²) in [7, 11) is 0. The van der Waals surface area contributed by atoms with Gasteiger partial charge < -0.3 is 10.2 Å². The molecule has 0 saturated carbocycles. The average Bonchev–Trinajstić information content (AvgIpc) is 2.88. The van der Waals surface area contributed by atoms with E-state index in [0.29, 0.717) is 12.4 Å². The van der Waals surface area contributed by atoms with Crippen molar-refractivity contribution in [2.45, 2.75) is 6.54 Å². The molecule has 0 bridgehead atoms. The number of furan rings is 1. The Kier molecular flexibility index (Phi) is 1.93. The van der Waals surface area contributed by atoms with Gasteiger partial charge in [-0.15, -0.1) is 0 Å². The zero-order chi connectivity index (χ0) is 11.0. The molecular weight excluding hydrogens is 202 g/mol. The largest absolute Gasteiger partial charge is 0.464 e. The third-order valence-corrected chi connectivity index (χ3v) is 2.63. The van der Waals surface area contributed by atoms with Gasteiger partial charge in [-0.05, 0) is 12.1 Å². The number of hydrogen-bond donors (Lipinski definition) is 1. The Hall–Kier alpha value is -2.23. The third kappa shape index (κ3) is 1.35.